The van der Waals surface area contributed by atoms with E-state index in [-0.39, 0.29) is 55.4 Å². The number of urea groups is 1. The van der Waals surface area contributed by atoms with E-state index in [4.69, 9.17) is 25.5 Å². The molecule has 0 saturated carbocycles. The number of primary amides is 1. The number of nitrogens with one attached hydrogen (secondary N) is 3. The third kappa shape index (κ3) is 12.5. The highest BCUT2D eigenvalue weighted by Gasteiger charge is 2.40. The van der Waals surface area contributed by atoms with Gasteiger partial charge in [-0.25, -0.2) is 28.8 Å². The van der Waals surface area contributed by atoms with Gasteiger partial charge in [0.2, 0.25) is 23.7 Å². The number of carbonyl (C=O) groups is 4. The maximum absolute atomic E-state index is 14.4. The van der Waals surface area contributed by atoms with Crippen LogP contribution >= 0.6 is 11.3 Å². The van der Waals surface area contributed by atoms with Crippen molar-refractivity contribution < 1.29 is 33.4 Å². The van der Waals surface area contributed by atoms with Gasteiger partial charge in [0.25, 0.3) is 0 Å². The first-order valence-electron chi connectivity index (χ1n) is 25.4. The summed E-state index contributed by atoms with van der Waals surface area (Å²) in [7, 11) is 1.65. The number of aliphatic hydroxyl groups excluding tert-OH is 1. The lowest BCUT2D eigenvalue weighted by Gasteiger charge is -2.34. The number of piperazine rings is 1. The number of aryl methyl sites for hydroxylation is 1. The van der Waals surface area contributed by atoms with Crippen LogP contribution in [0.5, 0.6) is 0 Å². The van der Waals surface area contributed by atoms with Crippen LogP contribution in [-0.4, -0.2) is 159 Å². The molecule has 3 saturated heterocycles. The summed E-state index contributed by atoms with van der Waals surface area (Å²) < 4.78 is 21.4. The number of likely N-dealkylation sites (tertiary alicyclic amines) is 2. The Morgan fingerprint density at radius 2 is 1.68 bits per heavy atom. The molecule has 394 valence electrons. The summed E-state index contributed by atoms with van der Waals surface area (Å²) in [5, 5.41) is 24.7. The van der Waals surface area contributed by atoms with Crippen molar-refractivity contribution >= 4 is 46.9 Å². The van der Waals surface area contributed by atoms with E-state index < -0.39 is 30.1 Å². The number of thiazole rings is 1. The molecular formula is C54H64FN13O6S. The second-order valence-electron chi connectivity index (χ2n) is 19.4. The van der Waals surface area contributed by atoms with Gasteiger partial charge in [0, 0.05) is 114 Å². The molecule has 9 rings (SSSR count). The summed E-state index contributed by atoms with van der Waals surface area (Å²) in [6.07, 6.45) is 3.63. The van der Waals surface area contributed by atoms with Gasteiger partial charge >= 0.3 is 6.03 Å². The van der Waals surface area contributed by atoms with Gasteiger partial charge in [0.1, 0.15) is 17.3 Å². The summed E-state index contributed by atoms with van der Waals surface area (Å²) in [6, 6.07) is 22.0. The van der Waals surface area contributed by atoms with Crippen molar-refractivity contribution in [3.05, 3.63) is 125 Å². The molecule has 0 bridgehead atoms. The van der Waals surface area contributed by atoms with Gasteiger partial charge in [0.15, 0.2) is 0 Å². The SMILES string of the molecule is COCCN1C[C@@H](NC(=O)Nc2c(C)c(-c3cnc(N4CCN(C(=O)CCCNC(=O)C[C@@H](c5ccc(-c6scnc6C)cc5)N5CC(O)CC5C(N)=O)CC4)nc3)nn2-c2ccccc2)[C@H](c2cccc(F)c2)C1. The topological polar surface area (TPSA) is 229 Å². The van der Waals surface area contributed by atoms with Crippen molar-refractivity contribution in [1.29, 1.82) is 0 Å². The van der Waals surface area contributed by atoms with Crippen molar-refractivity contribution in [2.45, 2.75) is 69.7 Å². The molecular weight excluding hydrogens is 978 g/mol. The van der Waals surface area contributed by atoms with Crippen LogP contribution in [-0.2, 0) is 19.1 Å². The van der Waals surface area contributed by atoms with Crippen molar-refractivity contribution in [3.8, 4) is 27.4 Å². The van der Waals surface area contributed by atoms with E-state index in [1.807, 2.05) is 89.2 Å². The third-order valence-corrected chi connectivity index (χ3v) is 15.4. The second-order valence-corrected chi connectivity index (χ2v) is 20.2. The minimum atomic E-state index is -0.742. The Balaban J connectivity index is 0.780. The Morgan fingerprint density at radius 3 is 2.37 bits per heavy atom. The smallest absolute Gasteiger partial charge is 0.320 e. The number of amides is 5. The zero-order chi connectivity index (χ0) is 52.6. The molecule has 75 heavy (non-hydrogen) atoms. The average molecular weight is 1040 g/mol. The van der Waals surface area contributed by atoms with Crippen LogP contribution in [0, 0.1) is 19.7 Å². The standard InChI is InChI=1S/C54H64FN13O6S/c1-34-49(63-68(41-11-5-4-6-12-41)52(34)62-54(73)61-44-32-64(23-24-74-3)31-43(44)38-9-7-10-40(55)25-38)39-28-58-53(59-29-39)66-21-19-65(20-22-66)48(71)13-8-18-57-47(70)27-45(67-30-42(69)26-46(67)51(56)72)36-14-16-37(17-15-36)50-35(2)60-33-75-50/h4-7,9-12,14-17,25,28-29,33,42-46,69H,8,13,18-24,26-27,30-32H2,1-3H3,(H2,56,72)(H,57,70)(H2,61,62,73)/t42?,43-,44+,45-,46?/m0/s1. The minimum absolute atomic E-state index is 0.00840. The molecule has 3 aromatic carbocycles. The number of ether oxygens (including phenoxy) is 1. The Bertz CT molecular complexity index is 2930. The number of benzene rings is 3. The number of anilines is 2. The number of hydrogen-bond donors (Lipinski definition) is 5. The second kappa shape index (κ2) is 24.0. The Labute approximate surface area is 439 Å². The van der Waals surface area contributed by atoms with Gasteiger partial charge in [-0.3, -0.25) is 29.5 Å². The molecule has 5 atom stereocenters. The van der Waals surface area contributed by atoms with Crippen LogP contribution in [0.15, 0.2) is 96.8 Å². The lowest BCUT2D eigenvalue weighted by molar-refractivity contribution is -0.131. The molecule has 0 aliphatic carbocycles. The lowest BCUT2D eigenvalue weighted by atomic mass is 9.94. The Kier molecular flexibility index (Phi) is 16.9. The number of aromatic nitrogens is 5. The summed E-state index contributed by atoms with van der Waals surface area (Å²) in [6.45, 7) is 8.80. The van der Waals surface area contributed by atoms with E-state index in [0.29, 0.717) is 94.0 Å². The fraction of sp³-hybridized carbons (Fsp3) is 0.407. The Morgan fingerprint density at radius 1 is 0.920 bits per heavy atom. The Hall–Kier alpha value is -7.17. The van der Waals surface area contributed by atoms with Crippen molar-refractivity contribution in [1.82, 2.24) is 50.1 Å². The predicted octanol–water partition coefficient (Wildman–Crippen LogP) is 5.04. The monoisotopic (exact) mass is 1040 g/mol. The van der Waals surface area contributed by atoms with Gasteiger partial charge in [-0.1, -0.05) is 54.6 Å². The van der Waals surface area contributed by atoms with Gasteiger partial charge in [-0.15, -0.1) is 11.3 Å². The molecule has 6 N–H and O–H groups in total. The van der Waals surface area contributed by atoms with E-state index in [1.165, 1.54) is 12.1 Å². The van der Waals surface area contributed by atoms with E-state index in [1.54, 1.807) is 47.1 Å². The molecule has 3 aliphatic heterocycles. The highest BCUT2D eigenvalue weighted by Crippen LogP contribution is 2.36. The number of rotatable bonds is 19. The maximum atomic E-state index is 14.4. The van der Waals surface area contributed by atoms with Crippen LogP contribution < -0.4 is 26.6 Å². The molecule has 3 aliphatic rings. The zero-order valence-electron chi connectivity index (χ0n) is 42.4. The van der Waals surface area contributed by atoms with E-state index in [2.05, 4.69) is 25.8 Å². The molecule has 0 spiro atoms. The summed E-state index contributed by atoms with van der Waals surface area (Å²) >= 11 is 1.55. The summed E-state index contributed by atoms with van der Waals surface area (Å²) in [4.78, 5) is 75.9. The average Bonchev–Trinajstić information content (AvgIpc) is 4.23. The normalized spacial score (nSPS) is 19.5. The van der Waals surface area contributed by atoms with Crippen molar-refractivity contribution in [2.24, 2.45) is 5.73 Å². The molecule has 3 aromatic heterocycles. The predicted molar refractivity (Wildman–Crippen MR) is 284 cm³/mol. The number of nitrogens with zero attached hydrogens (tertiary/aromatic N) is 9. The molecule has 21 heteroatoms. The van der Waals surface area contributed by atoms with Gasteiger partial charge < -0.3 is 36.0 Å². The first-order chi connectivity index (χ1) is 36.3. The quantitative estimate of drug-likeness (QED) is 0.0671. The molecule has 3 fully saturated rings. The molecule has 5 amide bonds. The van der Waals surface area contributed by atoms with Crippen LogP contribution in [0.3, 0.4) is 0 Å². The number of β-amino-alcohol motifs (C(OH)–C–C–N with tert-alkyl or cyclic N) is 1. The molecule has 6 aromatic rings. The molecule has 2 unspecified atom stereocenters. The van der Waals surface area contributed by atoms with E-state index in [9.17, 15) is 28.7 Å². The number of aliphatic hydroxyl groups is 1. The molecule has 0 radical (unpaired) electrons. The maximum Gasteiger partial charge on any atom is 0.320 e. The minimum Gasteiger partial charge on any atom is -0.392 e. The van der Waals surface area contributed by atoms with E-state index in [0.717, 1.165) is 32.9 Å². The highest BCUT2D eigenvalue weighted by atomic mass is 32.1. The first-order valence-corrected chi connectivity index (χ1v) is 26.3. The lowest BCUT2D eigenvalue weighted by Crippen LogP contribution is -2.49. The molecule has 19 nitrogen and oxygen atoms in total. The number of nitrogens with two attached hydrogens (primary N) is 1. The number of halogens is 1. The van der Waals surface area contributed by atoms with Crippen molar-refractivity contribution in [2.75, 3.05) is 82.8 Å². The largest absolute Gasteiger partial charge is 0.392 e. The number of para-hydroxylation sites is 1. The fourth-order valence-corrected chi connectivity index (χ4v) is 11.3. The first kappa shape index (κ1) is 52.7. The summed E-state index contributed by atoms with van der Waals surface area (Å²) in [5.41, 5.74) is 13.8. The van der Waals surface area contributed by atoms with E-state index >= 15 is 0 Å². The third-order valence-electron chi connectivity index (χ3n) is 14.4. The van der Waals surface area contributed by atoms with Crippen molar-refractivity contribution in [3.63, 3.8) is 0 Å². The van der Waals surface area contributed by atoms with Crippen LogP contribution in [0.2, 0.25) is 0 Å². The zero-order valence-corrected chi connectivity index (χ0v) is 43.2. The summed E-state index contributed by atoms with van der Waals surface area (Å²) in [5.74, 6) is -0.251. The number of hydrogen-bond acceptors (Lipinski definition) is 14. The van der Waals surface area contributed by atoms with Crippen LogP contribution in [0.1, 0.15) is 60.0 Å². The van der Waals surface area contributed by atoms with Crippen LogP contribution in [0.25, 0.3) is 27.4 Å². The molecule has 6 heterocycles. The van der Waals surface area contributed by atoms with Gasteiger partial charge in [0.05, 0.1) is 46.6 Å². The fourth-order valence-electron chi connectivity index (χ4n) is 10.5. The van der Waals surface area contributed by atoms with Gasteiger partial charge in [-0.05, 0) is 67.6 Å². The number of carbonyl (C=O) groups excluding carboxylic acids is 4. The van der Waals surface area contributed by atoms with Gasteiger partial charge in [-0.2, -0.15) is 5.10 Å². The highest BCUT2D eigenvalue weighted by molar-refractivity contribution is 7.13. The number of methoxy groups -OCH3 is 1. The van der Waals surface area contributed by atoms with Crippen LogP contribution in [0.4, 0.5) is 21.0 Å².